The number of fused-ring (bicyclic) bond motifs is 1. The van der Waals surface area contributed by atoms with Crippen LogP contribution < -0.4 is 25.4 Å². The molecule has 4 rings (SSSR count). The SMILES string of the molecule is C[C@@]1(CCc2ccccc2)NC(=O)N(CC(=O)NC(=O)Nc2ccc3c(c2)OCO3)C1=O. The molecule has 1 atom stereocenters. The van der Waals surface area contributed by atoms with Crippen molar-refractivity contribution in [3.8, 4) is 11.5 Å². The van der Waals surface area contributed by atoms with Gasteiger partial charge < -0.3 is 20.1 Å². The number of urea groups is 2. The summed E-state index contributed by atoms with van der Waals surface area (Å²) in [6.45, 7) is 1.15. The van der Waals surface area contributed by atoms with Crippen LogP contribution in [-0.2, 0) is 16.0 Å². The van der Waals surface area contributed by atoms with Crippen LogP contribution in [0.25, 0.3) is 0 Å². The summed E-state index contributed by atoms with van der Waals surface area (Å²) in [7, 11) is 0. The third-order valence-corrected chi connectivity index (χ3v) is 5.29. The third-order valence-electron chi connectivity index (χ3n) is 5.29. The van der Waals surface area contributed by atoms with Crippen molar-refractivity contribution in [2.24, 2.45) is 0 Å². The smallest absolute Gasteiger partial charge is 0.325 e. The van der Waals surface area contributed by atoms with Crippen LogP contribution >= 0.6 is 0 Å². The number of ether oxygens (including phenoxy) is 2. The number of hydrogen-bond acceptors (Lipinski definition) is 6. The van der Waals surface area contributed by atoms with Gasteiger partial charge in [-0.3, -0.25) is 19.8 Å². The van der Waals surface area contributed by atoms with Crippen molar-refractivity contribution in [1.29, 1.82) is 0 Å². The average molecular weight is 438 g/mol. The van der Waals surface area contributed by atoms with Crippen molar-refractivity contribution in [2.75, 3.05) is 18.7 Å². The van der Waals surface area contributed by atoms with Crippen LogP contribution in [0.3, 0.4) is 0 Å². The lowest BCUT2D eigenvalue weighted by atomic mass is 9.93. The number of carbonyl (C=O) groups excluding carboxylic acids is 4. The lowest BCUT2D eigenvalue weighted by molar-refractivity contribution is -0.134. The van der Waals surface area contributed by atoms with E-state index in [-0.39, 0.29) is 6.79 Å². The van der Waals surface area contributed by atoms with E-state index in [0.29, 0.717) is 30.0 Å². The summed E-state index contributed by atoms with van der Waals surface area (Å²) in [6, 6.07) is 12.9. The molecule has 0 saturated carbocycles. The second-order valence-corrected chi connectivity index (χ2v) is 7.71. The molecule has 0 aromatic heterocycles. The number of carbonyl (C=O) groups is 4. The van der Waals surface area contributed by atoms with Gasteiger partial charge in [-0.2, -0.15) is 0 Å². The van der Waals surface area contributed by atoms with Crippen LogP contribution in [0.1, 0.15) is 18.9 Å². The maximum absolute atomic E-state index is 12.8. The van der Waals surface area contributed by atoms with Gasteiger partial charge in [-0.05, 0) is 37.5 Å². The summed E-state index contributed by atoms with van der Waals surface area (Å²) < 4.78 is 10.4. The van der Waals surface area contributed by atoms with E-state index in [2.05, 4.69) is 16.0 Å². The highest BCUT2D eigenvalue weighted by Gasteiger charge is 2.47. The molecule has 2 aliphatic heterocycles. The molecule has 2 aromatic rings. The lowest BCUT2D eigenvalue weighted by Gasteiger charge is -2.21. The van der Waals surface area contributed by atoms with Gasteiger partial charge in [0.2, 0.25) is 12.7 Å². The monoisotopic (exact) mass is 438 g/mol. The minimum atomic E-state index is -1.12. The minimum absolute atomic E-state index is 0.0969. The molecule has 10 heteroatoms. The highest BCUT2D eigenvalue weighted by Crippen LogP contribution is 2.34. The Balaban J connectivity index is 1.31. The maximum Gasteiger partial charge on any atom is 0.325 e. The van der Waals surface area contributed by atoms with E-state index in [1.165, 1.54) is 0 Å². The molecule has 0 aliphatic carbocycles. The molecular formula is C22H22N4O6. The van der Waals surface area contributed by atoms with E-state index >= 15 is 0 Å². The fourth-order valence-corrected chi connectivity index (χ4v) is 3.55. The summed E-state index contributed by atoms with van der Waals surface area (Å²) in [5, 5.41) is 7.26. The van der Waals surface area contributed by atoms with Gasteiger partial charge in [0.15, 0.2) is 11.5 Å². The number of amides is 6. The Kier molecular flexibility index (Phi) is 5.67. The predicted octanol–water partition coefficient (Wildman–Crippen LogP) is 2.01. The Morgan fingerprint density at radius 1 is 1.09 bits per heavy atom. The molecule has 6 amide bonds. The van der Waals surface area contributed by atoms with Crippen LogP contribution in [0.15, 0.2) is 48.5 Å². The average Bonchev–Trinajstić information content (AvgIpc) is 3.31. The molecule has 32 heavy (non-hydrogen) atoms. The largest absolute Gasteiger partial charge is 0.454 e. The zero-order valence-electron chi connectivity index (χ0n) is 17.3. The topological polar surface area (TPSA) is 126 Å². The van der Waals surface area contributed by atoms with Crippen molar-refractivity contribution >= 4 is 29.6 Å². The van der Waals surface area contributed by atoms with Crippen LogP contribution in [0, 0.1) is 0 Å². The second-order valence-electron chi connectivity index (χ2n) is 7.71. The fraction of sp³-hybridized carbons (Fsp3) is 0.273. The molecule has 2 heterocycles. The van der Waals surface area contributed by atoms with Crippen LogP contribution in [0.5, 0.6) is 11.5 Å². The molecule has 2 aliphatic rings. The van der Waals surface area contributed by atoms with Crippen molar-refractivity contribution < 1.29 is 28.7 Å². The van der Waals surface area contributed by atoms with Crippen LogP contribution in [-0.4, -0.2) is 47.7 Å². The van der Waals surface area contributed by atoms with Crippen molar-refractivity contribution in [3.63, 3.8) is 0 Å². The third kappa shape index (κ3) is 4.48. The standard InChI is InChI=1S/C22H22N4O6/c1-22(10-9-14-5-3-2-4-6-14)19(28)26(21(30)25-22)12-18(27)24-20(29)23-15-7-8-16-17(11-15)32-13-31-16/h2-8,11H,9-10,12-13H2,1H3,(H,25,30)(H2,23,24,27,29)/t22-/m0/s1. The van der Waals surface area contributed by atoms with Gasteiger partial charge in [-0.25, -0.2) is 9.59 Å². The molecule has 2 aromatic carbocycles. The van der Waals surface area contributed by atoms with E-state index in [1.807, 2.05) is 30.3 Å². The van der Waals surface area contributed by atoms with Gasteiger partial charge in [0.25, 0.3) is 5.91 Å². The summed E-state index contributed by atoms with van der Waals surface area (Å²) in [4.78, 5) is 50.4. The van der Waals surface area contributed by atoms with E-state index in [1.54, 1.807) is 25.1 Å². The lowest BCUT2D eigenvalue weighted by Crippen LogP contribution is -2.46. The van der Waals surface area contributed by atoms with E-state index < -0.39 is 36.0 Å². The Hall–Kier alpha value is -4.08. The van der Waals surface area contributed by atoms with Gasteiger partial charge in [0, 0.05) is 11.8 Å². The molecule has 10 nitrogen and oxygen atoms in total. The van der Waals surface area contributed by atoms with Crippen molar-refractivity contribution in [2.45, 2.75) is 25.3 Å². The first-order valence-electron chi connectivity index (χ1n) is 10.0. The van der Waals surface area contributed by atoms with E-state index in [0.717, 1.165) is 10.5 Å². The minimum Gasteiger partial charge on any atom is -0.454 e. The van der Waals surface area contributed by atoms with Gasteiger partial charge in [0.05, 0.1) is 0 Å². The molecule has 0 bridgehead atoms. The Morgan fingerprint density at radius 2 is 1.84 bits per heavy atom. The normalized spacial score (nSPS) is 19.0. The number of benzene rings is 2. The number of aryl methyl sites for hydroxylation is 1. The number of imide groups is 2. The molecule has 0 radical (unpaired) electrons. The molecule has 166 valence electrons. The number of rotatable bonds is 6. The Bertz CT molecular complexity index is 1070. The van der Waals surface area contributed by atoms with Gasteiger partial charge in [0.1, 0.15) is 12.1 Å². The van der Waals surface area contributed by atoms with Crippen LogP contribution in [0.4, 0.5) is 15.3 Å². The molecular weight excluding hydrogens is 416 g/mol. The fourth-order valence-electron chi connectivity index (χ4n) is 3.55. The molecule has 3 N–H and O–H groups in total. The number of hydrogen-bond donors (Lipinski definition) is 3. The molecule has 0 spiro atoms. The number of anilines is 1. The highest BCUT2D eigenvalue weighted by molar-refractivity contribution is 6.10. The second kappa shape index (κ2) is 8.58. The summed E-state index contributed by atoms with van der Waals surface area (Å²) in [6.07, 6.45) is 0.964. The van der Waals surface area contributed by atoms with Crippen molar-refractivity contribution in [1.82, 2.24) is 15.5 Å². The zero-order chi connectivity index (χ0) is 22.7. The molecule has 1 saturated heterocycles. The first-order chi connectivity index (χ1) is 15.3. The predicted molar refractivity (Wildman–Crippen MR) is 113 cm³/mol. The van der Waals surface area contributed by atoms with Crippen LogP contribution in [0.2, 0.25) is 0 Å². The maximum atomic E-state index is 12.8. The zero-order valence-corrected chi connectivity index (χ0v) is 17.3. The first-order valence-corrected chi connectivity index (χ1v) is 10.0. The highest BCUT2D eigenvalue weighted by atomic mass is 16.7. The summed E-state index contributed by atoms with van der Waals surface area (Å²) >= 11 is 0. The van der Waals surface area contributed by atoms with Gasteiger partial charge in [-0.1, -0.05) is 30.3 Å². The summed E-state index contributed by atoms with van der Waals surface area (Å²) in [5.41, 5.74) is 0.303. The number of nitrogens with one attached hydrogen (secondary N) is 3. The van der Waals surface area contributed by atoms with Gasteiger partial charge >= 0.3 is 12.1 Å². The van der Waals surface area contributed by atoms with E-state index in [4.69, 9.17) is 9.47 Å². The Labute approximate surface area is 183 Å². The number of nitrogens with zero attached hydrogens (tertiary/aromatic N) is 1. The van der Waals surface area contributed by atoms with E-state index in [9.17, 15) is 19.2 Å². The molecule has 1 fully saturated rings. The Morgan fingerprint density at radius 3 is 2.62 bits per heavy atom. The first kappa shape index (κ1) is 21.2. The summed E-state index contributed by atoms with van der Waals surface area (Å²) in [5.74, 6) is -0.270. The quantitative estimate of drug-likeness (QED) is 0.593. The molecule has 0 unspecified atom stereocenters. The van der Waals surface area contributed by atoms with Gasteiger partial charge in [-0.15, -0.1) is 0 Å². The van der Waals surface area contributed by atoms with Crippen molar-refractivity contribution in [3.05, 3.63) is 54.1 Å².